The Morgan fingerprint density at radius 1 is 1.33 bits per heavy atom. The van der Waals surface area contributed by atoms with E-state index in [0.29, 0.717) is 41.9 Å². The van der Waals surface area contributed by atoms with Gasteiger partial charge in [0.25, 0.3) is 0 Å². The summed E-state index contributed by atoms with van der Waals surface area (Å²) in [4.78, 5) is 25.7. The first kappa shape index (κ1) is 19.1. The molecule has 0 unspecified atom stereocenters. The molecule has 2 amide bonds. The number of carbonyl (C=O) groups is 2. The van der Waals surface area contributed by atoms with Crippen molar-refractivity contribution in [2.75, 3.05) is 31.1 Å². The van der Waals surface area contributed by atoms with Gasteiger partial charge in [0.15, 0.2) is 0 Å². The summed E-state index contributed by atoms with van der Waals surface area (Å²) in [6.07, 6.45) is -3.16. The van der Waals surface area contributed by atoms with Crippen molar-refractivity contribution in [3.8, 4) is 0 Å². The van der Waals surface area contributed by atoms with Crippen LogP contribution in [-0.4, -0.2) is 38.2 Å². The molecular weight excluding hydrogens is 363 g/mol. The van der Waals surface area contributed by atoms with E-state index >= 15 is 0 Å². The molecule has 0 saturated carbocycles. The van der Waals surface area contributed by atoms with Gasteiger partial charge in [0.05, 0.1) is 36.5 Å². The third-order valence-electron chi connectivity index (χ3n) is 4.55. The zero-order valence-electron chi connectivity index (χ0n) is 14.8. The number of nitrogens with zero attached hydrogens (tertiary/aromatic N) is 1. The number of alkyl halides is 3. The Hall–Kier alpha value is -2.71. The van der Waals surface area contributed by atoms with E-state index in [2.05, 4.69) is 10.6 Å². The Morgan fingerprint density at radius 2 is 2.11 bits per heavy atom. The number of halogens is 3. The third kappa shape index (κ3) is 4.17. The van der Waals surface area contributed by atoms with Gasteiger partial charge >= 0.3 is 18.2 Å². The lowest BCUT2D eigenvalue weighted by molar-refractivity contribution is -0.139. The van der Waals surface area contributed by atoms with Gasteiger partial charge in [-0.2, -0.15) is 13.2 Å². The molecular formula is C18H20F3N3O3. The maximum Gasteiger partial charge on any atom is 0.416 e. The van der Waals surface area contributed by atoms with E-state index < -0.39 is 23.7 Å². The lowest BCUT2D eigenvalue weighted by Gasteiger charge is -2.34. The number of amides is 2. The Bertz CT molecular complexity index is 790. The SMILES string of the molecule is CCOC(=O)C1=C(CN2CCCc3cc(C(F)(F)F)ccc32)NC(=O)NC1. The number of fused-ring (bicyclic) bond motifs is 1. The Labute approximate surface area is 154 Å². The van der Waals surface area contributed by atoms with E-state index in [-0.39, 0.29) is 19.7 Å². The van der Waals surface area contributed by atoms with Crippen LogP contribution in [0.3, 0.4) is 0 Å². The van der Waals surface area contributed by atoms with Crippen molar-refractivity contribution in [2.45, 2.75) is 25.9 Å². The van der Waals surface area contributed by atoms with Crippen molar-refractivity contribution >= 4 is 17.7 Å². The van der Waals surface area contributed by atoms with Gasteiger partial charge < -0.3 is 20.3 Å². The highest BCUT2D eigenvalue weighted by atomic mass is 19.4. The lowest BCUT2D eigenvalue weighted by Crippen LogP contribution is -2.47. The molecule has 0 bridgehead atoms. The summed E-state index contributed by atoms with van der Waals surface area (Å²) in [7, 11) is 0. The van der Waals surface area contributed by atoms with E-state index in [0.717, 1.165) is 6.07 Å². The van der Waals surface area contributed by atoms with Crippen LogP contribution in [0.2, 0.25) is 0 Å². The Balaban J connectivity index is 1.89. The predicted molar refractivity (Wildman–Crippen MR) is 92.2 cm³/mol. The average Bonchev–Trinajstić information content (AvgIpc) is 2.61. The number of carbonyl (C=O) groups excluding carboxylic acids is 2. The standard InChI is InChI=1S/C18H20F3N3O3/c1-2-27-16(25)13-9-22-17(26)23-14(13)10-24-7-3-4-11-8-12(18(19,20)21)5-6-15(11)24/h5-6,8H,2-4,7,9-10H2,1H3,(H2,22,23,26). The minimum Gasteiger partial charge on any atom is -0.463 e. The van der Waals surface area contributed by atoms with Gasteiger partial charge in [0.2, 0.25) is 0 Å². The predicted octanol–water partition coefficient (Wildman–Crippen LogP) is 2.59. The maximum atomic E-state index is 13.0. The molecule has 27 heavy (non-hydrogen) atoms. The van der Waals surface area contributed by atoms with Crippen molar-refractivity contribution in [1.29, 1.82) is 0 Å². The number of urea groups is 1. The van der Waals surface area contributed by atoms with Gasteiger partial charge in [-0.25, -0.2) is 9.59 Å². The number of hydrogen-bond donors (Lipinski definition) is 2. The van der Waals surface area contributed by atoms with Crippen LogP contribution in [0.15, 0.2) is 29.5 Å². The molecule has 0 aliphatic carbocycles. The van der Waals surface area contributed by atoms with E-state index in [1.54, 1.807) is 6.92 Å². The molecule has 2 aliphatic rings. The first-order valence-corrected chi connectivity index (χ1v) is 8.68. The minimum absolute atomic E-state index is 0.0493. The number of nitrogens with one attached hydrogen (secondary N) is 2. The highest BCUT2D eigenvalue weighted by molar-refractivity contribution is 5.93. The van der Waals surface area contributed by atoms with E-state index in [1.165, 1.54) is 12.1 Å². The second-order valence-electron chi connectivity index (χ2n) is 6.35. The Morgan fingerprint density at radius 3 is 2.81 bits per heavy atom. The van der Waals surface area contributed by atoms with Crippen LogP contribution in [-0.2, 0) is 22.1 Å². The summed E-state index contributed by atoms with van der Waals surface area (Å²) < 4.78 is 43.9. The van der Waals surface area contributed by atoms with Crippen molar-refractivity contribution in [1.82, 2.24) is 10.6 Å². The molecule has 1 aromatic rings. The zero-order chi connectivity index (χ0) is 19.6. The van der Waals surface area contributed by atoms with Crippen molar-refractivity contribution < 1.29 is 27.5 Å². The molecule has 146 valence electrons. The van der Waals surface area contributed by atoms with Crippen LogP contribution in [0.4, 0.5) is 23.7 Å². The first-order chi connectivity index (χ1) is 12.8. The molecule has 0 fully saturated rings. The minimum atomic E-state index is -4.39. The highest BCUT2D eigenvalue weighted by Gasteiger charge is 2.32. The summed E-state index contributed by atoms with van der Waals surface area (Å²) in [6.45, 7) is 2.76. The number of esters is 1. The molecule has 3 rings (SSSR count). The monoisotopic (exact) mass is 383 g/mol. The number of rotatable bonds is 4. The molecule has 0 spiro atoms. The molecule has 9 heteroatoms. The molecule has 6 nitrogen and oxygen atoms in total. The molecule has 1 aromatic carbocycles. The van der Waals surface area contributed by atoms with Crippen LogP contribution < -0.4 is 15.5 Å². The second-order valence-corrected chi connectivity index (χ2v) is 6.35. The second kappa shape index (κ2) is 7.50. The van der Waals surface area contributed by atoms with Gasteiger partial charge in [-0.3, -0.25) is 0 Å². The fourth-order valence-corrected chi connectivity index (χ4v) is 3.29. The molecule has 0 saturated heterocycles. The molecule has 2 heterocycles. The summed E-state index contributed by atoms with van der Waals surface area (Å²) in [5.74, 6) is -0.523. The zero-order valence-corrected chi connectivity index (χ0v) is 14.8. The smallest absolute Gasteiger partial charge is 0.416 e. The van der Waals surface area contributed by atoms with Gasteiger partial charge in [0.1, 0.15) is 0 Å². The van der Waals surface area contributed by atoms with Gasteiger partial charge in [-0.15, -0.1) is 0 Å². The van der Waals surface area contributed by atoms with E-state index in [4.69, 9.17) is 4.74 Å². The number of benzene rings is 1. The topological polar surface area (TPSA) is 70.7 Å². The summed E-state index contributed by atoms with van der Waals surface area (Å²) in [5.41, 5.74) is 1.33. The number of ether oxygens (including phenoxy) is 1. The average molecular weight is 383 g/mol. The van der Waals surface area contributed by atoms with E-state index in [1.807, 2.05) is 4.90 Å². The number of anilines is 1. The van der Waals surface area contributed by atoms with Crippen molar-refractivity contribution in [2.24, 2.45) is 0 Å². The summed E-state index contributed by atoms with van der Waals surface area (Å²) in [5, 5.41) is 5.16. The fraction of sp³-hybridized carbons (Fsp3) is 0.444. The fourth-order valence-electron chi connectivity index (χ4n) is 3.29. The van der Waals surface area contributed by atoms with Crippen LogP contribution in [0.5, 0.6) is 0 Å². The van der Waals surface area contributed by atoms with Crippen molar-refractivity contribution in [3.63, 3.8) is 0 Å². The third-order valence-corrected chi connectivity index (χ3v) is 4.55. The molecule has 0 aromatic heterocycles. The lowest BCUT2D eigenvalue weighted by atomic mass is 9.98. The molecule has 2 N–H and O–H groups in total. The molecule has 2 aliphatic heterocycles. The van der Waals surface area contributed by atoms with Crippen LogP contribution in [0.1, 0.15) is 24.5 Å². The van der Waals surface area contributed by atoms with E-state index in [9.17, 15) is 22.8 Å². The van der Waals surface area contributed by atoms with Crippen LogP contribution in [0.25, 0.3) is 0 Å². The summed E-state index contributed by atoms with van der Waals surface area (Å²) in [6, 6.07) is 3.25. The maximum absolute atomic E-state index is 13.0. The van der Waals surface area contributed by atoms with Gasteiger partial charge in [-0.1, -0.05) is 0 Å². The quantitative estimate of drug-likeness (QED) is 0.784. The number of hydrogen-bond acceptors (Lipinski definition) is 4. The van der Waals surface area contributed by atoms with Crippen LogP contribution >= 0.6 is 0 Å². The van der Waals surface area contributed by atoms with Crippen molar-refractivity contribution in [3.05, 3.63) is 40.6 Å². The first-order valence-electron chi connectivity index (χ1n) is 8.68. The summed E-state index contributed by atoms with van der Waals surface area (Å²) >= 11 is 0. The molecule has 0 atom stereocenters. The highest BCUT2D eigenvalue weighted by Crippen LogP contribution is 2.35. The Kier molecular flexibility index (Phi) is 5.29. The normalized spacial score (nSPS) is 17.2. The number of aryl methyl sites for hydroxylation is 1. The van der Waals surface area contributed by atoms with Gasteiger partial charge in [-0.05, 0) is 43.5 Å². The van der Waals surface area contributed by atoms with Gasteiger partial charge in [0, 0.05) is 12.2 Å². The largest absolute Gasteiger partial charge is 0.463 e. The van der Waals surface area contributed by atoms with Crippen LogP contribution in [0, 0.1) is 0 Å². The molecule has 0 radical (unpaired) electrons.